The number of amides is 5. The molecular formula is C34H38F2N6O7. The van der Waals surface area contributed by atoms with Gasteiger partial charge < -0.3 is 25.7 Å². The van der Waals surface area contributed by atoms with E-state index in [1.54, 1.807) is 6.20 Å². The number of aliphatic hydroxyl groups excluding tert-OH is 1. The molecule has 260 valence electrons. The molecule has 2 heterocycles. The third kappa shape index (κ3) is 9.13. The van der Waals surface area contributed by atoms with Crippen LogP contribution in [0.5, 0.6) is 0 Å². The summed E-state index contributed by atoms with van der Waals surface area (Å²) in [6.07, 6.45) is 2.29. The zero-order valence-corrected chi connectivity index (χ0v) is 27.2. The number of aliphatic hydroxyl groups is 1. The Labute approximate surface area is 281 Å². The summed E-state index contributed by atoms with van der Waals surface area (Å²) in [4.78, 5) is 64.0. The summed E-state index contributed by atoms with van der Waals surface area (Å²) in [5.74, 6) is -4.02. The van der Waals surface area contributed by atoms with Crippen LogP contribution in [0.1, 0.15) is 50.1 Å². The van der Waals surface area contributed by atoms with Crippen molar-refractivity contribution >= 4 is 29.7 Å². The molecule has 2 aromatic carbocycles. The van der Waals surface area contributed by atoms with Crippen LogP contribution >= 0.6 is 0 Å². The van der Waals surface area contributed by atoms with E-state index in [4.69, 9.17) is 0 Å². The molecule has 0 saturated carbocycles. The van der Waals surface area contributed by atoms with Gasteiger partial charge in [0.05, 0.1) is 11.7 Å². The second kappa shape index (κ2) is 15.6. The fourth-order valence-corrected chi connectivity index (χ4v) is 5.66. The molecule has 5 amide bonds. The molecule has 49 heavy (non-hydrogen) atoms. The highest BCUT2D eigenvalue weighted by Crippen LogP contribution is 2.40. The standard InChI is InChI=1S/C34H38F2N6O7/c1-34(2,3)31(30-22(17-21-7-5-4-6-8-21)19-42(39-30)26-18-23(35)9-10-24(26)36)41(29(46)20-43)15-13-25(38-33(48)49)32(47)37-14-16-40-27(44)11-12-28(40)45/h4-12,18-19,25,31,38,43H,13-17,20H2,1-3H3,(H,37,47)(H,48,49)/t25-,31-/m0/s1. The maximum atomic E-state index is 14.9. The number of carbonyl (C=O) groups excluding carboxylic acids is 4. The van der Waals surface area contributed by atoms with Crippen molar-refractivity contribution < 1.29 is 43.0 Å². The first kappa shape index (κ1) is 36.4. The molecule has 1 aromatic heterocycles. The van der Waals surface area contributed by atoms with Gasteiger partial charge in [0.15, 0.2) is 0 Å². The lowest BCUT2D eigenvalue weighted by Crippen LogP contribution is -2.51. The third-order valence-corrected chi connectivity index (χ3v) is 7.87. The van der Waals surface area contributed by atoms with Gasteiger partial charge in [0.25, 0.3) is 11.8 Å². The molecule has 0 saturated heterocycles. The minimum Gasteiger partial charge on any atom is -0.465 e. The summed E-state index contributed by atoms with van der Waals surface area (Å²) >= 11 is 0. The number of imide groups is 1. The Morgan fingerprint density at radius 2 is 1.69 bits per heavy atom. The van der Waals surface area contributed by atoms with Gasteiger partial charge in [-0.3, -0.25) is 24.1 Å². The largest absolute Gasteiger partial charge is 0.465 e. The topological polar surface area (TPSA) is 174 Å². The second-order valence-electron chi connectivity index (χ2n) is 12.5. The highest BCUT2D eigenvalue weighted by atomic mass is 19.1. The number of hydrogen-bond acceptors (Lipinski definition) is 7. The normalized spacial score (nSPS) is 14.1. The van der Waals surface area contributed by atoms with Crippen LogP contribution in [0.25, 0.3) is 5.69 Å². The van der Waals surface area contributed by atoms with Crippen molar-refractivity contribution in [3.8, 4) is 5.69 Å². The highest BCUT2D eigenvalue weighted by molar-refractivity contribution is 6.12. The molecule has 0 unspecified atom stereocenters. The lowest BCUT2D eigenvalue weighted by atomic mass is 9.81. The van der Waals surface area contributed by atoms with Crippen LogP contribution in [0.3, 0.4) is 0 Å². The van der Waals surface area contributed by atoms with Gasteiger partial charge >= 0.3 is 6.09 Å². The fourth-order valence-electron chi connectivity index (χ4n) is 5.66. The number of halogens is 2. The van der Waals surface area contributed by atoms with Crippen molar-refractivity contribution in [1.29, 1.82) is 0 Å². The van der Waals surface area contributed by atoms with Crippen molar-refractivity contribution in [2.24, 2.45) is 5.41 Å². The van der Waals surface area contributed by atoms with E-state index in [0.29, 0.717) is 17.7 Å². The summed E-state index contributed by atoms with van der Waals surface area (Å²) in [6.45, 7) is 4.00. The van der Waals surface area contributed by atoms with Crippen LogP contribution in [0.4, 0.5) is 13.6 Å². The molecule has 0 radical (unpaired) electrons. The molecule has 0 fully saturated rings. The van der Waals surface area contributed by atoms with Gasteiger partial charge in [0, 0.05) is 56.0 Å². The van der Waals surface area contributed by atoms with Crippen LogP contribution in [0.2, 0.25) is 0 Å². The van der Waals surface area contributed by atoms with Crippen molar-refractivity contribution in [2.45, 2.75) is 45.7 Å². The molecule has 0 aliphatic carbocycles. The summed E-state index contributed by atoms with van der Waals surface area (Å²) in [6, 6.07) is 9.94. The zero-order valence-electron chi connectivity index (χ0n) is 27.2. The number of hydrogen-bond donors (Lipinski definition) is 4. The number of rotatable bonds is 14. The molecule has 0 spiro atoms. The fraction of sp³-hybridized carbons (Fsp3) is 0.353. The quantitative estimate of drug-likeness (QED) is 0.188. The van der Waals surface area contributed by atoms with E-state index in [1.165, 1.54) is 9.58 Å². The minimum absolute atomic E-state index is 0.143. The van der Waals surface area contributed by atoms with E-state index in [0.717, 1.165) is 40.8 Å². The third-order valence-electron chi connectivity index (χ3n) is 7.87. The molecular weight excluding hydrogens is 642 g/mol. The number of carboxylic acid groups (broad SMARTS) is 1. The number of nitrogens with zero attached hydrogens (tertiary/aromatic N) is 4. The Bertz CT molecular complexity index is 1720. The SMILES string of the molecule is CC(C)(C)[C@H](c1nn(-c2cc(F)ccc2F)cc1Cc1ccccc1)N(CC[C@H](NC(=O)O)C(=O)NCCN1C(=O)C=CC1=O)C(=O)CO. The Balaban J connectivity index is 1.68. The molecule has 3 aromatic rings. The lowest BCUT2D eigenvalue weighted by Gasteiger charge is -2.40. The van der Waals surface area contributed by atoms with Gasteiger partial charge in [0.2, 0.25) is 11.8 Å². The summed E-state index contributed by atoms with van der Waals surface area (Å²) in [5, 5.41) is 28.8. The first-order valence-corrected chi connectivity index (χ1v) is 15.5. The Hall–Kier alpha value is -5.44. The van der Waals surface area contributed by atoms with Crippen LogP contribution in [-0.2, 0) is 25.6 Å². The van der Waals surface area contributed by atoms with E-state index in [9.17, 15) is 43.0 Å². The first-order valence-electron chi connectivity index (χ1n) is 15.5. The Morgan fingerprint density at radius 1 is 1.02 bits per heavy atom. The van der Waals surface area contributed by atoms with Crippen LogP contribution in [0.15, 0.2) is 66.9 Å². The summed E-state index contributed by atoms with van der Waals surface area (Å²) in [5.41, 5.74) is 0.804. The van der Waals surface area contributed by atoms with E-state index in [2.05, 4.69) is 15.7 Å². The van der Waals surface area contributed by atoms with E-state index < -0.39 is 65.5 Å². The maximum Gasteiger partial charge on any atom is 0.405 e. The van der Waals surface area contributed by atoms with Crippen molar-refractivity contribution in [3.63, 3.8) is 0 Å². The van der Waals surface area contributed by atoms with Gasteiger partial charge in [-0.2, -0.15) is 5.10 Å². The number of carbonyl (C=O) groups is 5. The molecule has 1 aliphatic rings. The lowest BCUT2D eigenvalue weighted by molar-refractivity contribution is -0.140. The van der Waals surface area contributed by atoms with Crippen molar-refractivity contribution in [2.75, 3.05) is 26.2 Å². The Morgan fingerprint density at radius 3 is 2.31 bits per heavy atom. The predicted molar refractivity (Wildman–Crippen MR) is 172 cm³/mol. The Kier molecular flexibility index (Phi) is 11.6. The van der Waals surface area contributed by atoms with Crippen LogP contribution < -0.4 is 10.6 Å². The van der Waals surface area contributed by atoms with E-state index in [1.807, 2.05) is 51.1 Å². The number of benzene rings is 2. The van der Waals surface area contributed by atoms with Gasteiger partial charge in [-0.15, -0.1) is 0 Å². The predicted octanol–water partition coefficient (Wildman–Crippen LogP) is 2.72. The average molecular weight is 681 g/mol. The van der Waals surface area contributed by atoms with E-state index in [-0.39, 0.29) is 31.7 Å². The van der Waals surface area contributed by atoms with Gasteiger partial charge in [0.1, 0.15) is 30.0 Å². The zero-order chi connectivity index (χ0) is 35.9. The molecule has 1 aliphatic heterocycles. The van der Waals surface area contributed by atoms with Gasteiger partial charge in [-0.25, -0.2) is 18.3 Å². The summed E-state index contributed by atoms with van der Waals surface area (Å²) < 4.78 is 30.4. The molecule has 4 N–H and O–H groups in total. The second-order valence-corrected chi connectivity index (χ2v) is 12.5. The van der Waals surface area contributed by atoms with Crippen LogP contribution in [-0.4, -0.2) is 91.8 Å². The van der Waals surface area contributed by atoms with Gasteiger partial charge in [-0.1, -0.05) is 51.1 Å². The number of aromatic nitrogens is 2. The van der Waals surface area contributed by atoms with E-state index >= 15 is 0 Å². The van der Waals surface area contributed by atoms with Crippen molar-refractivity contribution in [1.82, 2.24) is 30.2 Å². The maximum absolute atomic E-state index is 14.9. The molecule has 15 heteroatoms. The monoisotopic (exact) mass is 680 g/mol. The average Bonchev–Trinajstić information content (AvgIpc) is 3.60. The molecule has 2 atom stereocenters. The highest BCUT2D eigenvalue weighted by Gasteiger charge is 2.39. The van der Waals surface area contributed by atoms with Crippen molar-refractivity contribution in [3.05, 3.63) is 95.3 Å². The van der Waals surface area contributed by atoms with Crippen LogP contribution in [0, 0.1) is 17.0 Å². The molecule has 13 nitrogen and oxygen atoms in total. The smallest absolute Gasteiger partial charge is 0.405 e. The molecule has 0 bridgehead atoms. The minimum atomic E-state index is -1.51. The molecule has 4 rings (SSSR count). The number of nitrogens with one attached hydrogen (secondary N) is 2. The first-order chi connectivity index (χ1) is 23.2. The summed E-state index contributed by atoms with van der Waals surface area (Å²) in [7, 11) is 0. The van der Waals surface area contributed by atoms with Gasteiger partial charge in [-0.05, 0) is 29.5 Å².